The summed E-state index contributed by atoms with van der Waals surface area (Å²) in [6.07, 6.45) is 3.58. The van der Waals surface area contributed by atoms with Gasteiger partial charge in [0, 0.05) is 32.7 Å². The molecule has 1 saturated carbocycles. The Labute approximate surface area is 143 Å². The zero-order valence-electron chi connectivity index (χ0n) is 14.4. The fourth-order valence-corrected chi connectivity index (χ4v) is 3.52. The van der Waals surface area contributed by atoms with Gasteiger partial charge < -0.3 is 4.90 Å². The average Bonchev–Trinajstić information content (AvgIpc) is 3.37. The van der Waals surface area contributed by atoms with Crippen molar-refractivity contribution in [2.75, 3.05) is 32.7 Å². The Morgan fingerprint density at radius 2 is 1.83 bits per heavy atom. The Hall–Kier alpha value is -1.79. The third kappa shape index (κ3) is 3.49. The van der Waals surface area contributed by atoms with E-state index in [9.17, 15) is 0 Å². The molecular formula is C18H26N6. The first-order chi connectivity index (χ1) is 11.8. The molecular weight excluding hydrogens is 300 g/mol. The van der Waals surface area contributed by atoms with Gasteiger partial charge in [0.25, 0.3) is 0 Å². The Morgan fingerprint density at radius 3 is 2.54 bits per heavy atom. The second kappa shape index (κ2) is 6.99. The van der Waals surface area contributed by atoms with Crippen LogP contribution in [0.25, 0.3) is 0 Å². The van der Waals surface area contributed by atoms with Crippen molar-refractivity contribution in [3.8, 4) is 0 Å². The Balaban J connectivity index is 1.28. The van der Waals surface area contributed by atoms with Crippen LogP contribution >= 0.6 is 0 Å². The van der Waals surface area contributed by atoms with E-state index in [1.165, 1.54) is 18.4 Å². The molecule has 1 aliphatic heterocycles. The second-order valence-electron chi connectivity index (χ2n) is 7.00. The summed E-state index contributed by atoms with van der Waals surface area (Å²) < 4.78 is 2.05. The van der Waals surface area contributed by atoms with Gasteiger partial charge in [0.1, 0.15) is 0 Å². The molecule has 1 aliphatic carbocycles. The molecule has 2 aromatic rings. The lowest BCUT2D eigenvalue weighted by atomic mass is 10.1. The van der Waals surface area contributed by atoms with Crippen LogP contribution in [-0.4, -0.2) is 62.7 Å². The molecule has 0 N–H and O–H groups in total. The largest absolute Gasteiger partial charge is 0.300 e. The lowest BCUT2D eigenvalue weighted by Crippen LogP contribution is -2.48. The summed E-state index contributed by atoms with van der Waals surface area (Å²) in [4.78, 5) is 5.09. The standard InChI is InChI=1S/C18H26N6/c1-15(18-19-20-21-24(18)17-7-8-17)23-13-11-22(12-14-23)10-9-16-5-3-2-4-6-16/h2-6,15,17H,7-14H2,1H3/t15-/m1/s1. The molecule has 0 amide bonds. The normalized spacial score (nSPS) is 21.0. The summed E-state index contributed by atoms with van der Waals surface area (Å²) in [7, 11) is 0. The summed E-state index contributed by atoms with van der Waals surface area (Å²) in [6, 6.07) is 11.6. The van der Waals surface area contributed by atoms with Crippen molar-refractivity contribution in [3.05, 3.63) is 41.7 Å². The minimum absolute atomic E-state index is 0.303. The summed E-state index contributed by atoms with van der Waals surface area (Å²) >= 11 is 0. The topological polar surface area (TPSA) is 50.1 Å². The SMILES string of the molecule is C[C@H](c1nnnn1C1CC1)N1CCN(CCc2ccccc2)CC1. The highest BCUT2D eigenvalue weighted by Gasteiger charge is 2.32. The van der Waals surface area contributed by atoms with E-state index in [4.69, 9.17) is 0 Å². The van der Waals surface area contributed by atoms with E-state index in [0.717, 1.165) is 45.0 Å². The molecule has 2 fully saturated rings. The van der Waals surface area contributed by atoms with Crippen LogP contribution in [0.2, 0.25) is 0 Å². The molecule has 24 heavy (non-hydrogen) atoms. The molecule has 6 nitrogen and oxygen atoms in total. The number of tetrazole rings is 1. The van der Waals surface area contributed by atoms with Crippen molar-refractivity contribution in [1.29, 1.82) is 0 Å². The van der Waals surface area contributed by atoms with Crippen molar-refractivity contribution in [2.24, 2.45) is 0 Å². The molecule has 1 aromatic carbocycles. The number of piperazine rings is 1. The van der Waals surface area contributed by atoms with Gasteiger partial charge >= 0.3 is 0 Å². The first-order valence-corrected chi connectivity index (χ1v) is 9.09. The molecule has 2 aliphatic rings. The summed E-state index contributed by atoms with van der Waals surface area (Å²) in [5, 5.41) is 12.4. The first-order valence-electron chi connectivity index (χ1n) is 9.09. The third-order valence-electron chi connectivity index (χ3n) is 5.30. The molecule has 0 spiro atoms. The van der Waals surface area contributed by atoms with Crippen molar-refractivity contribution < 1.29 is 0 Å². The fraction of sp³-hybridized carbons (Fsp3) is 0.611. The van der Waals surface area contributed by atoms with Crippen LogP contribution in [0, 0.1) is 0 Å². The lowest BCUT2D eigenvalue weighted by molar-refractivity contribution is 0.0978. The van der Waals surface area contributed by atoms with Crippen molar-refractivity contribution in [2.45, 2.75) is 38.3 Å². The first kappa shape index (κ1) is 15.7. The average molecular weight is 326 g/mol. The van der Waals surface area contributed by atoms with E-state index in [0.29, 0.717) is 12.1 Å². The minimum atomic E-state index is 0.303. The molecule has 2 heterocycles. The molecule has 0 bridgehead atoms. The summed E-state index contributed by atoms with van der Waals surface area (Å²) in [5.74, 6) is 1.04. The van der Waals surface area contributed by atoms with Gasteiger partial charge in [-0.05, 0) is 42.2 Å². The van der Waals surface area contributed by atoms with Crippen molar-refractivity contribution in [1.82, 2.24) is 30.0 Å². The summed E-state index contributed by atoms with van der Waals surface area (Å²) in [6.45, 7) is 7.82. The van der Waals surface area contributed by atoms with Crippen LogP contribution in [0.5, 0.6) is 0 Å². The van der Waals surface area contributed by atoms with Gasteiger partial charge in [0.05, 0.1) is 12.1 Å². The van der Waals surface area contributed by atoms with Gasteiger partial charge in [-0.2, -0.15) is 0 Å². The number of nitrogens with zero attached hydrogens (tertiary/aromatic N) is 6. The van der Waals surface area contributed by atoms with Gasteiger partial charge in [-0.3, -0.25) is 4.90 Å². The fourth-order valence-electron chi connectivity index (χ4n) is 3.52. The van der Waals surface area contributed by atoms with Crippen LogP contribution in [0.3, 0.4) is 0 Å². The van der Waals surface area contributed by atoms with Gasteiger partial charge in [0.15, 0.2) is 5.82 Å². The third-order valence-corrected chi connectivity index (χ3v) is 5.30. The van der Waals surface area contributed by atoms with E-state index in [1.807, 2.05) is 4.68 Å². The maximum Gasteiger partial charge on any atom is 0.168 e. The number of rotatable bonds is 6. The van der Waals surface area contributed by atoms with Gasteiger partial charge in [0.2, 0.25) is 0 Å². The highest BCUT2D eigenvalue weighted by atomic mass is 15.6. The molecule has 1 aromatic heterocycles. The maximum atomic E-state index is 4.29. The van der Waals surface area contributed by atoms with Crippen molar-refractivity contribution in [3.63, 3.8) is 0 Å². The van der Waals surface area contributed by atoms with E-state index in [2.05, 4.69) is 62.6 Å². The van der Waals surface area contributed by atoms with Gasteiger partial charge in [-0.15, -0.1) is 5.10 Å². The lowest BCUT2D eigenvalue weighted by Gasteiger charge is -2.37. The number of benzene rings is 1. The zero-order chi connectivity index (χ0) is 16.4. The molecule has 6 heteroatoms. The molecule has 128 valence electrons. The number of hydrogen-bond acceptors (Lipinski definition) is 5. The van der Waals surface area contributed by atoms with Crippen LogP contribution in [0.1, 0.15) is 43.2 Å². The van der Waals surface area contributed by atoms with Crippen LogP contribution in [0.4, 0.5) is 0 Å². The van der Waals surface area contributed by atoms with E-state index in [-0.39, 0.29) is 0 Å². The predicted octanol–water partition coefficient (Wildman–Crippen LogP) is 1.93. The Bertz CT molecular complexity index is 643. The number of aromatic nitrogens is 4. The zero-order valence-corrected chi connectivity index (χ0v) is 14.4. The monoisotopic (exact) mass is 326 g/mol. The smallest absolute Gasteiger partial charge is 0.168 e. The Kier molecular flexibility index (Phi) is 4.58. The van der Waals surface area contributed by atoms with E-state index < -0.39 is 0 Å². The van der Waals surface area contributed by atoms with Gasteiger partial charge in [-0.1, -0.05) is 30.3 Å². The van der Waals surface area contributed by atoms with Crippen LogP contribution < -0.4 is 0 Å². The van der Waals surface area contributed by atoms with E-state index >= 15 is 0 Å². The van der Waals surface area contributed by atoms with Crippen LogP contribution in [0.15, 0.2) is 30.3 Å². The highest BCUT2D eigenvalue weighted by Crippen LogP contribution is 2.36. The Morgan fingerprint density at radius 1 is 1.08 bits per heavy atom. The molecule has 0 unspecified atom stereocenters. The van der Waals surface area contributed by atoms with Gasteiger partial charge in [-0.25, -0.2) is 4.68 Å². The minimum Gasteiger partial charge on any atom is -0.300 e. The highest BCUT2D eigenvalue weighted by molar-refractivity contribution is 5.14. The van der Waals surface area contributed by atoms with Crippen LogP contribution in [-0.2, 0) is 6.42 Å². The summed E-state index contributed by atoms with van der Waals surface area (Å²) in [5.41, 5.74) is 1.43. The maximum absolute atomic E-state index is 4.29. The van der Waals surface area contributed by atoms with Crippen molar-refractivity contribution >= 4 is 0 Å². The predicted molar refractivity (Wildman–Crippen MR) is 92.7 cm³/mol. The molecule has 4 rings (SSSR count). The quantitative estimate of drug-likeness (QED) is 0.812. The molecule has 0 radical (unpaired) electrons. The number of hydrogen-bond donors (Lipinski definition) is 0. The molecule has 1 atom stereocenters. The second-order valence-corrected chi connectivity index (χ2v) is 7.00. The molecule has 1 saturated heterocycles. The van der Waals surface area contributed by atoms with E-state index in [1.54, 1.807) is 0 Å².